The van der Waals surface area contributed by atoms with Crippen LogP contribution in [0.2, 0.25) is 25.7 Å². The van der Waals surface area contributed by atoms with Crippen molar-refractivity contribution in [3.63, 3.8) is 0 Å². The van der Waals surface area contributed by atoms with Gasteiger partial charge in [-0.15, -0.1) is 0 Å². The third-order valence-electron chi connectivity index (χ3n) is 5.43. The molecule has 4 N–H and O–H groups in total. The van der Waals surface area contributed by atoms with Crippen molar-refractivity contribution in [2.45, 2.75) is 50.9 Å². The van der Waals surface area contributed by atoms with E-state index >= 15 is 0 Å². The molecule has 2 unspecified atom stereocenters. The number of carboxylic acid groups (broad SMARTS) is 1. The molecule has 9 nitrogen and oxygen atoms in total. The molecular formula is C24H30BrF3N6O3Si. The van der Waals surface area contributed by atoms with E-state index in [4.69, 9.17) is 9.84 Å². The van der Waals surface area contributed by atoms with Crippen molar-refractivity contribution in [1.29, 1.82) is 0 Å². The average Bonchev–Trinajstić information content (AvgIpc) is 3.20. The van der Waals surface area contributed by atoms with E-state index in [1.54, 1.807) is 19.2 Å². The second kappa shape index (κ2) is 12.3. The first-order valence-corrected chi connectivity index (χ1v) is 16.3. The number of amides is 1. The van der Waals surface area contributed by atoms with Gasteiger partial charge in [0, 0.05) is 33.5 Å². The van der Waals surface area contributed by atoms with Crippen LogP contribution in [0.5, 0.6) is 0 Å². The minimum atomic E-state index is -4.44. The molecule has 1 amide bonds. The maximum absolute atomic E-state index is 13.1. The maximum atomic E-state index is 13.1. The zero-order valence-corrected chi connectivity index (χ0v) is 23.9. The normalized spacial score (nSPS) is 13.7. The minimum absolute atomic E-state index is 0.288. The van der Waals surface area contributed by atoms with E-state index in [1.165, 1.54) is 12.1 Å². The number of hydrogen-bond donors (Lipinski definition) is 4. The molecule has 0 aliphatic heterocycles. The Morgan fingerprint density at radius 1 is 1.18 bits per heavy atom. The summed E-state index contributed by atoms with van der Waals surface area (Å²) in [5.41, 5.74) is 0.178. The van der Waals surface area contributed by atoms with Gasteiger partial charge in [0.2, 0.25) is 0 Å². The molecule has 2 aromatic heterocycles. The summed E-state index contributed by atoms with van der Waals surface area (Å²) in [5, 5.41) is 14.2. The van der Waals surface area contributed by atoms with Crippen LogP contribution in [0.1, 0.15) is 30.0 Å². The van der Waals surface area contributed by atoms with Gasteiger partial charge in [-0.3, -0.25) is 0 Å². The number of ether oxygens (including phenoxy) is 1. The van der Waals surface area contributed by atoms with Gasteiger partial charge in [-0.2, -0.15) is 13.2 Å². The molecule has 3 aromatic rings. The first-order chi connectivity index (χ1) is 17.7. The van der Waals surface area contributed by atoms with Crippen LogP contribution in [0.3, 0.4) is 0 Å². The maximum Gasteiger partial charge on any atom is 0.416 e. The lowest BCUT2D eigenvalue weighted by Crippen LogP contribution is -2.36. The highest BCUT2D eigenvalue weighted by Gasteiger charge is 2.31. The van der Waals surface area contributed by atoms with Crippen molar-refractivity contribution in [2.75, 3.05) is 18.5 Å². The van der Waals surface area contributed by atoms with Gasteiger partial charge in [0.25, 0.3) is 0 Å². The van der Waals surface area contributed by atoms with Crippen LogP contribution < -0.4 is 10.6 Å². The molecule has 0 radical (unpaired) electrons. The highest BCUT2D eigenvalue weighted by molar-refractivity contribution is 9.10. The van der Waals surface area contributed by atoms with E-state index in [0.29, 0.717) is 40.7 Å². The van der Waals surface area contributed by atoms with E-state index in [9.17, 15) is 18.0 Å². The lowest BCUT2D eigenvalue weighted by molar-refractivity contribution is -0.137. The Labute approximate surface area is 227 Å². The van der Waals surface area contributed by atoms with Gasteiger partial charge in [0.05, 0.1) is 5.56 Å². The zero-order chi connectivity index (χ0) is 28.1. The van der Waals surface area contributed by atoms with Crippen LogP contribution in [0.15, 0.2) is 41.1 Å². The van der Waals surface area contributed by atoms with Gasteiger partial charge >= 0.3 is 12.3 Å². The van der Waals surface area contributed by atoms with Crippen molar-refractivity contribution in [2.24, 2.45) is 0 Å². The first-order valence-electron chi connectivity index (χ1n) is 11.8. The molecule has 0 bridgehead atoms. The molecule has 0 fully saturated rings. The summed E-state index contributed by atoms with van der Waals surface area (Å²) in [6, 6.07) is 7.00. The van der Waals surface area contributed by atoms with E-state index in [-0.39, 0.29) is 11.9 Å². The van der Waals surface area contributed by atoms with Crippen molar-refractivity contribution >= 4 is 35.9 Å². The number of aromatic amines is 1. The quantitative estimate of drug-likeness (QED) is 0.191. The Morgan fingerprint density at radius 3 is 2.47 bits per heavy atom. The number of benzene rings is 1. The number of anilines is 1. The Bertz CT molecular complexity index is 1230. The molecule has 206 valence electrons. The summed E-state index contributed by atoms with van der Waals surface area (Å²) >= 11 is 3.46. The average molecular weight is 616 g/mol. The Kier molecular flexibility index (Phi) is 9.54. The summed E-state index contributed by atoms with van der Waals surface area (Å²) < 4.78 is 46.0. The predicted molar refractivity (Wildman–Crippen MR) is 144 cm³/mol. The van der Waals surface area contributed by atoms with Crippen molar-refractivity contribution < 1.29 is 27.8 Å². The summed E-state index contributed by atoms with van der Waals surface area (Å²) in [6.07, 6.45) is -4.75. The lowest BCUT2D eigenvalue weighted by atomic mass is 10.1. The molecule has 0 saturated carbocycles. The summed E-state index contributed by atoms with van der Waals surface area (Å²) in [5.74, 6) is 1.15. The van der Waals surface area contributed by atoms with E-state index < -0.39 is 32.0 Å². The van der Waals surface area contributed by atoms with Crippen LogP contribution in [0.25, 0.3) is 11.5 Å². The van der Waals surface area contributed by atoms with E-state index in [1.807, 2.05) is 0 Å². The molecular weight excluding hydrogens is 585 g/mol. The minimum Gasteiger partial charge on any atom is -0.465 e. The summed E-state index contributed by atoms with van der Waals surface area (Å²) in [4.78, 5) is 27.3. The molecule has 3 rings (SSSR count). The fourth-order valence-electron chi connectivity index (χ4n) is 3.40. The van der Waals surface area contributed by atoms with Gasteiger partial charge in [-0.25, -0.2) is 19.7 Å². The van der Waals surface area contributed by atoms with Crippen molar-refractivity contribution in [3.05, 3.63) is 58.1 Å². The molecule has 14 heteroatoms. The number of alkyl halides is 3. The number of aromatic nitrogens is 4. The molecule has 38 heavy (non-hydrogen) atoms. The van der Waals surface area contributed by atoms with Gasteiger partial charge in [0.1, 0.15) is 28.0 Å². The number of nitrogens with zero attached hydrogens (tertiary/aromatic N) is 3. The van der Waals surface area contributed by atoms with Crippen LogP contribution in [-0.4, -0.2) is 58.4 Å². The number of imidazole rings is 1. The number of rotatable bonds is 11. The molecule has 0 spiro atoms. The number of H-pyrrole nitrogens is 1. The molecule has 1 aromatic carbocycles. The van der Waals surface area contributed by atoms with Crippen molar-refractivity contribution in [1.82, 2.24) is 25.3 Å². The van der Waals surface area contributed by atoms with Gasteiger partial charge in [0.15, 0.2) is 5.82 Å². The van der Waals surface area contributed by atoms with Crippen LogP contribution in [0, 0.1) is 0 Å². The topological polar surface area (TPSA) is 125 Å². The molecule has 2 atom stereocenters. The van der Waals surface area contributed by atoms with E-state index in [2.05, 4.69) is 66.1 Å². The smallest absolute Gasteiger partial charge is 0.416 e. The largest absolute Gasteiger partial charge is 0.465 e. The van der Waals surface area contributed by atoms with Gasteiger partial charge in [-0.05, 0) is 52.7 Å². The van der Waals surface area contributed by atoms with E-state index in [0.717, 1.165) is 18.2 Å². The first kappa shape index (κ1) is 29.6. The van der Waals surface area contributed by atoms with Crippen LogP contribution >= 0.6 is 15.9 Å². The highest BCUT2D eigenvalue weighted by atomic mass is 79.9. The fourth-order valence-corrected chi connectivity index (χ4v) is 4.59. The zero-order valence-electron chi connectivity index (χ0n) is 21.4. The number of halogens is 4. The third kappa shape index (κ3) is 8.53. The second-order valence-corrected chi connectivity index (χ2v) is 16.4. The number of hydrogen-bond acceptors (Lipinski definition) is 6. The molecule has 0 saturated heterocycles. The monoisotopic (exact) mass is 614 g/mol. The Balaban J connectivity index is 1.87. The third-order valence-corrected chi connectivity index (χ3v) is 7.71. The van der Waals surface area contributed by atoms with Gasteiger partial charge in [-0.1, -0.05) is 31.8 Å². The van der Waals surface area contributed by atoms with Crippen LogP contribution in [-0.2, 0) is 10.9 Å². The lowest BCUT2D eigenvalue weighted by Gasteiger charge is -2.20. The SMILES string of the molecule is CC(CNc1ccnc(-c2nc(C(OCC[Si](C)(C)C)c3ccc(C(F)(F)F)cc3)[nH]c2Br)n1)NC(=O)O. The van der Waals surface area contributed by atoms with Gasteiger partial charge < -0.3 is 25.5 Å². The predicted octanol–water partition coefficient (Wildman–Crippen LogP) is 6.16. The fraction of sp³-hybridized carbons (Fsp3) is 0.417. The molecule has 2 heterocycles. The number of nitrogens with one attached hydrogen (secondary N) is 3. The molecule has 0 aliphatic rings. The summed E-state index contributed by atoms with van der Waals surface area (Å²) in [6.45, 7) is 9.07. The molecule has 0 aliphatic carbocycles. The second-order valence-electron chi connectivity index (χ2n) is 9.96. The number of carbonyl (C=O) groups is 1. The van der Waals surface area contributed by atoms with Crippen LogP contribution in [0.4, 0.5) is 23.8 Å². The Morgan fingerprint density at radius 2 is 1.87 bits per heavy atom. The summed E-state index contributed by atoms with van der Waals surface area (Å²) in [7, 11) is -1.43. The van der Waals surface area contributed by atoms with Crippen molar-refractivity contribution in [3.8, 4) is 11.5 Å². The Hall–Kier alpha value is -2.97. The standard InChI is InChI=1S/C24H30BrF3N6O3Si/c1-14(31-23(35)36)13-30-17-9-10-29-21(32-17)18-20(25)34-22(33-18)19(37-11-12-38(2,3)4)15-5-7-16(8-6-15)24(26,27)28/h5-10,14,19,31H,11-13H2,1-4H3,(H,33,34)(H,35,36)(H,29,30,32). The highest BCUT2D eigenvalue weighted by Crippen LogP contribution is 2.34.